The number of aliphatic hydroxyl groups excluding tert-OH is 1. The van der Waals surface area contributed by atoms with E-state index in [1.165, 1.54) is 12.0 Å². The first-order chi connectivity index (χ1) is 6.36. The van der Waals surface area contributed by atoms with Crippen molar-refractivity contribution >= 4 is 0 Å². The summed E-state index contributed by atoms with van der Waals surface area (Å²) in [5.41, 5.74) is 1.79. The topological polar surface area (TPSA) is 20.2 Å². The molecule has 0 radical (unpaired) electrons. The van der Waals surface area contributed by atoms with E-state index < -0.39 is 0 Å². The van der Waals surface area contributed by atoms with Gasteiger partial charge in [-0.2, -0.15) is 0 Å². The summed E-state index contributed by atoms with van der Waals surface area (Å²) in [7, 11) is 0. The van der Waals surface area contributed by atoms with E-state index in [-0.39, 0.29) is 11.5 Å². The van der Waals surface area contributed by atoms with Crippen molar-refractivity contribution in [2.45, 2.75) is 52.6 Å². The number of hydrogen-bond donors (Lipinski definition) is 1. The highest BCUT2D eigenvalue weighted by Gasteiger charge is 2.55. The van der Waals surface area contributed by atoms with Gasteiger partial charge in [0.15, 0.2) is 0 Å². The van der Waals surface area contributed by atoms with Gasteiger partial charge in [-0.3, -0.25) is 0 Å². The van der Waals surface area contributed by atoms with Gasteiger partial charge in [-0.05, 0) is 37.0 Å². The van der Waals surface area contributed by atoms with E-state index in [0.717, 1.165) is 19.3 Å². The SMILES string of the molecule is C=C1C[C@@]12CCC(C(C)(C)C)C[C@H]2O. The Morgan fingerprint density at radius 1 is 1.43 bits per heavy atom. The third-order valence-electron chi connectivity index (χ3n) is 4.42. The fourth-order valence-corrected chi connectivity index (χ4v) is 2.95. The van der Waals surface area contributed by atoms with E-state index in [4.69, 9.17) is 0 Å². The van der Waals surface area contributed by atoms with E-state index in [1.807, 2.05) is 0 Å². The molecule has 2 aliphatic carbocycles. The second-order valence-electron chi connectivity index (χ2n) is 6.29. The summed E-state index contributed by atoms with van der Waals surface area (Å²) in [6.07, 6.45) is 4.36. The van der Waals surface area contributed by atoms with Crippen molar-refractivity contribution in [2.24, 2.45) is 16.7 Å². The molecule has 1 heteroatoms. The summed E-state index contributed by atoms with van der Waals surface area (Å²) in [5, 5.41) is 10.1. The Morgan fingerprint density at radius 3 is 2.36 bits per heavy atom. The first-order valence-electron chi connectivity index (χ1n) is 5.72. The molecule has 1 unspecified atom stereocenters. The summed E-state index contributed by atoms with van der Waals surface area (Å²) in [5.74, 6) is 0.677. The number of rotatable bonds is 0. The minimum Gasteiger partial charge on any atom is -0.392 e. The monoisotopic (exact) mass is 194 g/mol. The van der Waals surface area contributed by atoms with Crippen LogP contribution in [0.5, 0.6) is 0 Å². The Labute approximate surface area is 87.2 Å². The van der Waals surface area contributed by atoms with E-state index >= 15 is 0 Å². The first kappa shape index (κ1) is 10.2. The van der Waals surface area contributed by atoms with Crippen LogP contribution in [-0.4, -0.2) is 11.2 Å². The van der Waals surface area contributed by atoms with Crippen molar-refractivity contribution in [2.75, 3.05) is 0 Å². The molecule has 1 nitrogen and oxygen atoms in total. The van der Waals surface area contributed by atoms with Gasteiger partial charge < -0.3 is 5.11 Å². The first-order valence-corrected chi connectivity index (χ1v) is 5.72. The van der Waals surface area contributed by atoms with Crippen LogP contribution in [0.4, 0.5) is 0 Å². The van der Waals surface area contributed by atoms with Crippen molar-refractivity contribution in [3.63, 3.8) is 0 Å². The maximum Gasteiger partial charge on any atom is 0.0639 e. The predicted octanol–water partition coefficient (Wildman–Crippen LogP) is 3.14. The molecule has 0 aromatic carbocycles. The zero-order valence-electron chi connectivity index (χ0n) is 9.64. The average Bonchev–Trinajstić information content (AvgIpc) is 2.67. The van der Waals surface area contributed by atoms with Crippen LogP contribution in [-0.2, 0) is 0 Å². The van der Waals surface area contributed by atoms with Crippen molar-refractivity contribution in [1.29, 1.82) is 0 Å². The zero-order chi connectivity index (χ0) is 10.6. The summed E-state index contributed by atoms with van der Waals surface area (Å²) < 4.78 is 0. The van der Waals surface area contributed by atoms with Crippen LogP contribution in [0.1, 0.15) is 46.5 Å². The van der Waals surface area contributed by atoms with Crippen LogP contribution in [0.3, 0.4) is 0 Å². The Kier molecular flexibility index (Phi) is 2.08. The smallest absolute Gasteiger partial charge is 0.0639 e. The van der Waals surface area contributed by atoms with Crippen LogP contribution in [0.15, 0.2) is 12.2 Å². The Balaban J connectivity index is 2.04. The predicted molar refractivity (Wildman–Crippen MR) is 59.0 cm³/mol. The minimum atomic E-state index is -0.118. The molecule has 0 bridgehead atoms. The average molecular weight is 194 g/mol. The second-order valence-corrected chi connectivity index (χ2v) is 6.29. The van der Waals surface area contributed by atoms with Gasteiger partial charge in [0.1, 0.15) is 0 Å². The zero-order valence-corrected chi connectivity index (χ0v) is 9.64. The summed E-state index contributed by atoms with van der Waals surface area (Å²) >= 11 is 0. The molecule has 2 saturated carbocycles. The quantitative estimate of drug-likeness (QED) is 0.587. The standard InChI is InChI=1S/C13H22O/c1-9-8-13(9)6-5-10(7-11(13)14)12(2,3)4/h10-11,14H,1,5-8H2,2-4H3/t10?,11-,13+/m1/s1. The lowest BCUT2D eigenvalue weighted by atomic mass is 9.67. The number of hydrogen-bond acceptors (Lipinski definition) is 1. The largest absolute Gasteiger partial charge is 0.392 e. The fraction of sp³-hybridized carbons (Fsp3) is 0.846. The van der Waals surface area contributed by atoms with Crippen molar-refractivity contribution in [3.05, 3.63) is 12.2 Å². The minimum absolute atomic E-state index is 0.118. The van der Waals surface area contributed by atoms with E-state index in [1.54, 1.807) is 0 Å². The van der Waals surface area contributed by atoms with Gasteiger partial charge in [-0.25, -0.2) is 0 Å². The molecular formula is C13H22O. The molecule has 2 aliphatic rings. The molecule has 0 aromatic heterocycles. The fourth-order valence-electron chi connectivity index (χ4n) is 2.95. The molecular weight excluding hydrogens is 172 g/mol. The Bertz CT molecular complexity index is 261. The van der Waals surface area contributed by atoms with Gasteiger partial charge in [-0.1, -0.05) is 32.9 Å². The van der Waals surface area contributed by atoms with Crippen molar-refractivity contribution in [3.8, 4) is 0 Å². The Morgan fingerprint density at radius 2 is 2.00 bits per heavy atom. The van der Waals surface area contributed by atoms with E-state index in [9.17, 15) is 5.11 Å². The second kappa shape index (κ2) is 2.85. The normalized spacial score (nSPS) is 43.0. The van der Waals surface area contributed by atoms with E-state index in [2.05, 4.69) is 27.4 Å². The summed E-state index contributed by atoms with van der Waals surface area (Å²) in [6.45, 7) is 10.9. The molecule has 1 N–H and O–H groups in total. The van der Waals surface area contributed by atoms with Gasteiger partial charge >= 0.3 is 0 Å². The lowest BCUT2D eigenvalue weighted by Crippen LogP contribution is -2.36. The van der Waals surface area contributed by atoms with Crippen LogP contribution in [0, 0.1) is 16.7 Å². The molecule has 0 heterocycles. The molecule has 2 fully saturated rings. The molecule has 2 rings (SSSR count). The lowest BCUT2D eigenvalue weighted by Gasteiger charge is -2.40. The molecule has 80 valence electrons. The maximum absolute atomic E-state index is 10.1. The van der Waals surface area contributed by atoms with Gasteiger partial charge in [0.2, 0.25) is 0 Å². The molecule has 0 saturated heterocycles. The third-order valence-corrected chi connectivity index (χ3v) is 4.42. The van der Waals surface area contributed by atoms with Gasteiger partial charge in [0.05, 0.1) is 6.10 Å². The summed E-state index contributed by atoms with van der Waals surface area (Å²) in [6, 6.07) is 0. The van der Waals surface area contributed by atoms with Crippen molar-refractivity contribution in [1.82, 2.24) is 0 Å². The van der Waals surface area contributed by atoms with Crippen molar-refractivity contribution < 1.29 is 5.11 Å². The van der Waals surface area contributed by atoms with Crippen LogP contribution in [0.2, 0.25) is 0 Å². The maximum atomic E-state index is 10.1. The van der Waals surface area contributed by atoms with Crippen LogP contribution < -0.4 is 0 Å². The van der Waals surface area contributed by atoms with E-state index in [0.29, 0.717) is 11.3 Å². The highest BCUT2D eigenvalue weighted by Crippen LogP contribution is 2.62. The van der Waals surface area contributed by atoms with Gasteiger partial charge in [0.25, 0.3) is 0 Å². The summed E-state index contributed by atoms with van der Waals surface area (Å²) in [4.78, 5) is 0. The van der Waals surface area contributed by atoms with Crippen LogP contribution >= 0.6 is 0 Å². The lowest BCUT2D eigenvalue weighted by molar-refractivity contribution is 0.00682. The highest BCUT2D eigenvalue weighted by atomic mass is 16.3. The highest BCUT2D eigenvalue weighted by molar-refractivity contribution is 5.32. The van der Waals surface area contributed by atoms with Crippen LogP contribution in [0.25, 0.3) is 0 Å². The number of aliphatic hydroxyl groups is 1. The molecule has 0 aliphatic heterocycles. The van der Waals surface area contributed by atoms with Gasteiger partial charge in [0, 0.05) is 5.41 Å². The molecule has 0 aromatic rings. The molecule has 0 amide bonds. The molecule has 14 heavy (non-hydrogen) atoms. The molecule has 3 atom stereocenters. The third kappa shape index (κ3) is 1.42. The molecule has 1 spiro atoms. The van der Waals surface area contributed by atoms with Gasteiger partial charge in [-0.15, -0.1) is 0 Å². The Hall–Kier alpha value is -0.300.